The standard InChI is InChI=1S/C11H16N2S/c1-8(2)7-13-11(14)9-5-3-4-6-10(9)12/h3-6,8H,7,12H2,1-2H3,(H,13,14). The van der Waals surface area contributed by atoms with Crippen molar-refractivity contribution in [2.75, 3.05) is 12.3 Å². The van der Waals surface area contributed by atoms with Crippen LogP contribution in [0.4, 0.5) is 5.69 Å². The molecule has 0 radical (unpaired) electrons. The minimum absolute atomic E-state index is 0.581. The fourth-order valence-electron chi connectivity index (χ4n) is 1.10. The van der Waals surface area contributed by atoms with Gasteiger partial charge in [0.25, 0.3) is 0 Å². The van der Waals surface area contributed by atoms with Gasteiger partial charge in [0.1, 0.15) is 4.99 Å². The first-order valence-corrected chi connectivity index (χ1v) is 5.14. The summed E-state index contributed by atoms with van der Waals surface area (Å²) >= 11 is 5.24. The minimum Gasteiger partial charge on any atom is -0.398 e. The van der Waals surface area contributed by atoms with Crippen LogP contribution in [0.3, 0.4) is 0 Å². The van der Waals surface area contributed by atoms with Gasteiger partial charge >= 0.3 is 0 Å². The van der Waals surface area contributed by atoms with Gasteiger partial charge in [-0.1, -0.05) is 38.2 Å². The normalized spacial score (nSPS) is 10.2. The number of anilines is 1. The molecule has 0 spiro atoms. The molecular formula is C11H16N2S. The summed E-state index contributed by atoms with van der Waals surface area (Å²) in [6.45, 7) is 5.17. The average Bonchev–Trinajstić information content (AvgIpc) is 2.15. The van der Waals surface area contributed by atoms with Crippen LogP contribution in [0.1, 0.15) is 19.4 Å². The number of nitrogens with two attached hydrogens (primary N) is 1. The second-order valence-corrected chi connectivity index (χ2v) is 4.10. The van der Waals surface area contributed by atoms with Crippen LogP contribution < -0.4 is 11.1 Å². The van der Waals surface area contributed by atoms with Crippen molar-refractivity contribution in [2.24, 2.45) is 5.92 Å². The van der Waals surface area contributed by atoms with E-state index >= 15 is 0 Å². The Labute approximate surface area is 90.5 Å². The minimum atomic E-state index is 0.581. The van der Waals surface area contributed by atoms with Crippen LogP contribution in [-0.2, 0) is 0 Å². The zero-order chi connectivity index (χ0) is 10.6. The van der Waals surface area contributed by atoms with E-state index in [2.05, 4.69) is 19.2 Å². The zero-order valence-electron chi connectivity index (χ0n) is 8.58. The van der Waals surface area contributed by atoms with Gasteiger partial charge in [-0.25, -0.2) is 0 Å². The van der Waals surface area contributed by atoms with Crippen molar-refractivity contribution >= 4 is 22.9 Å². The molecule has 2 nitrogen and oxygen atoms in total. The largest absolute Gasteiger partial charge is 0.398 e. The molecule has 0 unspecified atom stereocenters. The predicted octanol–water partition coefficient (Wildman–Crippen LogP) is 2.19. The summed E-state index contributed by atoms with van der Waals surface area (Å²) in [5, 5.41) is 3.19. The molecule has 0 atom stereocenters. The van der Waals surface area contributed by atoms with E-state index in [9.17, 15) is 0 Å². The third-order valence-corrected chi connectivity index (χ3v) is 2.24. The number of hydrogen-bond acceptors (Lipinski definition) is 2. The van der Waals surface area contributed by atoms with Crippen molar-refractivity contribution in [1.29, 1.82) is 0 Å². The maximum Gasteiger partial charge on any atom is 0.108 e. The number of hydrogen-bond donors (Lipinski definition) is 2. The zero-order valence-corrected chi connectivity index (χ0v) is 9.40. The molecule has 0 fully saturated rings. The first kappa shape index (κ1) is 11.0. The molecule has 0 aliphatic heterocycles. The van der Waals surface area contributed by atoms with Crippen LogP contribution in [0.15, 0.2) is 24.3 Å². The van der Waals surface area contributed by atoms with Gasteiger partial charge < -0.3 is 11.1 Å². The Morgan fingerprint density at radius 1 is 1.43 bits per heavy atom. The Bertz CT molecular complexity index is 321. The predicted molar refractivity (Wildman–Crippen MR) is 65.4 cm³/mol. The molecule has 3 N–H and O–H groups in total. The lowest BCUT2D eigenvalue weighted by Gasteiger charge is -2.11. The van der Waals surface area contributed by atoms with Gasteiger partial charge in [-0.15, -0.1) is 0 Å². The van der Waals surface area contributed by atoms with Gasteiger partial charge in [-0.05, 0) is 18.1 Å². The number of nitrogens with one attached hydrogen (secondary N) is 1. The number of rotatable bonds is 3. The molecule has 14 heavy (non-hydrogen) atoms. The molecule has 76 valence electrons. The molecule has 1 rings (SSSR count). The van der Waals surface area contributed by atoms with E-state index < -0.39 is 0 Å². The molecule has 0 amide bonds. The van der Waals surface area contributed by atoms with Crippen molar-refractivity contribution in [2.45, 2.75) is 13.8 Å². The van der Waals surface area contributed by atoms with Gasteiger partial charge in [0.05, 0.1) is 0 Å². The smallest absolute Gasteiger partial charge is 0.108 e. The number of benzene rings is 1. The van der Waals surface area contributed by atoms with Crippen LogP contribution in [0.25, 0.3) is 0 Å². The highest BCUT2D eigenvalue weighted by molar-refractivity contribution is 7.80. The Balaban J connectivity index is 2.65. The fraction of sp³-hybridized carbons (Fsp3) is 0.364. The van der Waals surface area contributed by atoms with Crippen LogP contribution in [0.2, 0.25) is 0 Å². The van der Waals surface area contributed by atoms with Crippen molar-refractivity contribution < 1.29 is 0 Å². The molecule has 0 bridgehead atoms. The Kier molecular flexibility index (Phi) is 3.89. The molecule has 0 saturated carbocycles. The summed E-state index contributed by atoms with van der Waals surface area (Å²) in [5.41, 5.74) is 7.45. The van der Waals surface area contributed by atoms with Gasteiger partial charge in [-0.3, -0.25) is 0 Å². The quantitative estimate of drug-likeness (QED) is 0.590. The van der Waals surface area contributed by atoms with Gasteiger partial charge in [0, 0.05) is 17.8 Å². The summed E-state index contributed by atoms with van der Waals surface area (Å²) in [7, 11) is 0. The maximum atomic E-state index is 5.80. The lowest BCUT2D eigenvalue weighted by atomic mass is 10.1. The highest BCUT2D eigenvalue weighted by Crippen LogP contribution is 2.10. The average molecular weight is 208 g/mol. The number of thiocarbonyl (C=S) groups is 1. The van der Waals surface area contributed by atoms with Crippen molar-refractivity contribution in [3.63, 3.8) is 0 Å². The molecule has 0 saturated heterocycles. The molecule has 3 heteroatoms. The topological polar surface area (TPSA) is 38.0 Å². The second-order valence-electron chi connectivity index (χ2n) is 3.69. The van der Waals surface area contributed by atoms with Crippen molar-refractivity contribution in [1.82, 2.24) is 5.32 Å². The van der Waals surface area contributed by atoms with Gasteiger partial charge in [0.15, 0.2) is 0 Å². The van der Waals surface area contributed by atoms with Gasteiger partial charge in [-0.2, -0.15) is 0 Å². The van der Waals surface area contributed by atoms with Crippen LogP contribution in [0, 0.1) is 5.92 Å². The highest BCUT2D eigenvalue weighted by Gasteiger charge is 2.04. The Morgan fingerprint density at radius 2 is 2.07 bits per heavy atom. The molecule has 0 aliphatic rings. The number of nitrogen functional groups attached to an aromatic ring is 1. The molecule has 1 aromatic carbocycles. The monoisotopic (exact) mass is 208 g/mol. The Hall–Kier alpha value is -1.09. The van der Waals surface area contributed by atoms with Crippen LogP contribution >= 0.6 is 12.2 Å². The van der Waals surface area contributed by atoms with E-state index in [-0.39, 0.29) is 0 Å². The Morgan fingerprint density at radius 3 is 2.64 bits per heavy atom. The van der Waals surface area contributed by atoms with E-state index in [4.69, 9.17) is 18.0 Å². The van der Waals surface area contributed by atoms with Crippen LogP contribution in [0.5, 0.6) is 0 Å². The fourth-order valence-corrected chi connectivity index (χ4v) is 1.37. The maximum absolute atomic E-state index is 5.80. The SMILES string of the molecule is CC(C)CNC(=S)c1ccccc1N. The van der Waals surface area contributed by atoms with E-state index in [1.54, 1.807) is 0 Å². The second kappa shape index (κ2) is 4.96. The number of para-hydroxylation sites is 1. The molecule has 0 aliphatic carbocycles. The van der Waals surface area contributed by atoms with Gasteiger partial charge in [0.2, 0.25) is 0 Å². The summed E-state index contributed by atoms with van der Waals surface area (Å²) in [4.78, 5) is 0.733. The van der Waals surface area contributed by atoms with Crippen molar-refractivity contribution in [3.05, 3.63) is 29.8 Å². The molecule has 0 aromatic heterocycles. The molecule has 1 aromatic rings. The third kappa shape index (κ3) is 3.00. The van der Waals surface area contributed by atoms with E-state index in [1.807, 2.05) is 24.3 Å². The lowest BCUT2D eigenvalue weighted by Crippen LogP contribution is -2.27. The summed E-state index contributed by atoms with van der Waals surface area (Å²) in [6.07, 6.45) is 0. The van der Waals surface area contributed by atoms with E-state index in [1.165, 1.54) is 0 Å². The summed E-state index contributed by atoms with van der Waals surface area (Å²) < 4.78 is 0. The highest BCUT2D eigenvalue weighted by atomic mass is 32.1. The molecular weight excluding hydrogens is 192 g/mol. The summed E-state index contributed by atoms with van der Waals surface area (Å²) in [5.74, 6) is 0.581. The van der Waals surface area contributed by atoms with Crippen LogP contribution in [-0.4, -0.2) is 11.5 Å². The third-order valence-electron chi connectivity index (χ3n) is 1.88. The van der Waals surface area contributed by atoms with Crippen molar-refractivity contribution in [3.8, 4) is 0 Å². The first-order valence-electron chi connectivity index (χ1n) is 4.74. The molecule has 0 heterocycles. The lowest BCUT2D eigenvalue weighted by molar-refractivity contribution is 0.628. The summed E-state index contributed by atoms with van der Waals surface area (Å²) in [6, 6.07) is 7.64. The van der Waals surface area contributed by atoms with E-state index in [0.717, 1.165) is 22.8 Å². The van der Waals surface area contributed by atoms with E-state index in [0.29, 0.717) is 5.92 Å². The first-order chi connectivity index (χ1) is 6.61.